The zero-order chi connectivity index (χ0) is 24.4. The van der Waals surface area contributed by atoms with Gasteiger partial charge in [-0.05, 0) is 44.9 Å². The smallest absolute Gasteiger partial charge is 0.417 e. The van der Waals surface area contributed by atoms with Crippen LogP contribution >= 0.6 is 0 Å². The van der Waals surface area contributed by atoms with Crippen molar-refractivity contribution >= 4 is 12.1 Å². The molecule has 1 atom stereocenters. The summed E-state index contributed by atoms with van der Waals surface area (Å²) in [6, 6.07) is 5.08. The van der Waals surface area contributed by atoms with E-state index < -0.39 is 46.6 Å². The molecule has 2 aromatic rings. The summed E-state index contributed by atoms with van der Waals surface area (Å²) in [5.41, 5.74) is -2.48. The van der Waals surface area contributed by atoms with E-state index in [9.17, 15) is 32.7 Å². The number of carboxylic acids is 1. The van der Waals surface area contributed by atoms with E-state index in [-0.39, 0.29) is 17.7 Å². The van der Waals surface area contributed by atoms with Crippen LogP contribution in [0, 0.1) is 6.92 Å². The summed E-state index contributed by atoms with van der Waals surface area (Å²) < 4.78 is 46.8. The average Bonchev–Trinajstić information content (AvgIpc) is 2.64. The maximum Gasteiger partial charge on any atom is 0.417 e. The summed E-state index contributed by atoms with van der Waals surface area (Å²) in [5, 5.41) is 11.7. The monoisotopic (exact) mass is 454 g/mol. The van der Waals surface area contributed by atoms with Gasteiger partial charge in [0.15, 0.2) is 0 Å². The molecule has 0 spiro atoms. The number of carbonyl (C=O) groups excluding carboxylic acids is 1. The van der Waals surface area contributed by atoms with E-state index in [1.54, 1.807) is 20.8 Å². The molecule has 2 rings (SSSR count). The van der Waals surface area contributed by atoms with Crippen LogP contribution in [0.3, 0.4) is 0 Å². The van der Waals surface area contributed by atoms with Crippen molar-refractivity contribution in [3.05, 3.63) is 57.5 Å². The van der Waals surface area contributed by atoms with Crippen LogP contribution in [0.25, 0.3) is 11.1 Å². The quantitative estimate of drug-likeness (QED) is 0.714. The molecule has 1 aromatic carbocycles. The van der Waals surface area contributed by atoms with Gasteiger partial charge >= 0.3 is 18.2 Å². The standard InChI is InChI=1S/C22H25F3N2O5/c1-12-10-15(22(23,24)25)17(18(28)27(12)5)14-8-6-13(7-9-14)11-16(19(29)30)26-20(31)32-21(2,3)4/h6-10,16H,11H2,1-5H3,(H,26,31)(H,29,30). The van der Waals surface area contributed by atoms with E-state index >= 15 is 0 Å². The number of benzene rings is 1. The van der Waals surface area contributed by atoms with Crippen LogP contribution in [-0.4, -0.2) is 33.4 Å². The predicted octanol–water partition coefficient (Wildman–Crippen LogP) is 3.90. The molecule has 0 saturated heterocycles. The third kappa shape index (κ3) is 6.12. The van der Waals surface area contributed by atoms with Crippen molar-refractivity contribution in [3.63, 3.8) is 0 Å². The number of amides is 1. The van der Waals surface area contributed by atoms with E-state index in [1.807, 2.05) is 0 Å². The second-order valence-electron chi connectivity index (χ2n) is 8.37. The molecule has 0 aliphatic heterocycles. The normalized spacial score (nSPS) is 12.9. The van der Waals surface area contributed by atoms with Crippen molar-refractivity contribution in [2.75, 3.05) is 0 Å². The number of rotatable bonds is 5. The van der Waals surface area contributed by atoms with Gasteiger partial charge < -0.3 is 19.7 Å². The Morgan fingerprint density at radius 2 is 1.72 bits per heavy atom. The number of alkyl halides is 3. The number of carbonyl (C=O) groups is 2. The van der Waals surface area contributed by atoms with Crippen molar-refractivity contribution in [3.8, 4) is 11.1 Å². The van der Waals surface area contributed by atoms with Crippen LogP contribution in [0.4, 0.5) is 18.0 Å². The van der Waals surface area contributed by atoms with Gasteiger partial charge in [0.2, 0.25) is 0 Å². The summed E-state index contributed by atoms with van der Waals surface area (Å²) >= 11 is 0. The van der Waals surface area contributed by atoms with Gasteiger partial charge in [0, 0.05) is 19.2 Å². The minimum atomic E-state index is -4.72. The van der Waals surface area contributed by atoms with Gasteiger partial charge in [0.25, 0.3) is 5.56 Å². The molecular weight excluding hydrogens is 429 g/mol. The number of aryl methyl sites for hydroxylation is 1. The minimum Gasteiger partial charge on any atom is -0.480 e. The number of aromatic nitrogens is 1. The number of carboxylic acid groups (broad SMARTS) is 1. The molecule has 0 aliphatic rings. The van der Waals surface area contributed by atoms with Crippen LogP contribution in [0.2, 0.25) is 0 Å². The first-order valence-electron chi connectivity index (χ1n) is 9.69. The average molecular weight is 454 g/mol. The Labute approximate surface area is 182 Å². The maximum atomic E-state index is 13.5. The first-order valence-corrected chi connectivity index (χ1v) is 9.69. The highest BCUT2D eigenvalue weighted by atomic mass is 19.4. The molecule has 174 valence electrons. The summed E-state index contributed by atoms with van der Waals surface area (Å²) in [4.78, 5) is 36.0. The molecule has 1 unspecified atom stereocenters. The number of pyridine rings is 1. The number of halogens is 3. The summed E-state index contributed by atoms with van der Waals surface area (Å²) in [6.07, 6.45) is -5.76. The van der Waals surface area contributed by atoms with Gasteiger partial charge in [0.05, 0.1) is 11.1 Å². The predicted molar refractivity (Wildman–Crippen MR) is 111 cm³/mol. The van der Waals surface area contributed by atoms with Crippen molar-refractivity contribution in [2.24, 2.45) is 7.05 Å². The number of hydrogen-bond donors (Lipinski definition) is 2. The second-order valence-corrected chi connectivity index (χ2v) is 8.37. The summed E-state index contributed by atoms with van der Waals surface area (Å²) in [6.45, 7) is 6.30. The Bertz CT molecular complexity index is 1070. The number of hydrogen-bond acceptors (Lipinski definition) is 4. The fourth-order valence-corrected chi connectivity index (χ4v) is 3.02. The fourth-order valence-electron chi connectivity index (χ4n) is 3.02. The van der Waals surface area contributed by atoms with E-state index in [2.05, 4.69) is 5.32 Å². The molecule has 0 radical (unpaired) electrons. The third-order valence-electron chi connectivity index (χ3n) is 4.65. The Kier molecular flexibility index (Phi) is 7.06. The van der Waals surface area contributed by atoms with Crippen LogP contribution in [0.15, 0.2) is 35.1 Å². The Morgan fingerprint density at radius 3 is 2.19 bits per heavy atom. The maximum absolute atomic E-state index is 13.5. The van der Waals surface area contributed by atoms with Gasteiger partial charge in [-0.2, -0.15) is 13.2 Å². The number of nitrogens with one attached hydrogen (secondary N) is 1. The molecule has 1 heterocycles. The number of ether oxygens (including phenoxy) is 1. The van der Waals surface area contributed by atoms with Crippen LogP contribution < -0.4 is 10.9 Å². The Morgan fingerprint density at radius 1 is 1.16 bits per heavy atom. The van der Waals surface area contributed by atoms with Crippen LogP contribution in [0.1, 0.15) is 37.6 Å². The summed E-state index contributed by atoms with van der Waals surface area (Å²) in [7, 11) is 1.38. The highest BCUT2D eigenvalue weighted by molar-refractivity contribution is 5.80. The van der Waals surface area contributed by atoms with Gasteiger partial charge in [0.1, 0.15) is 11.6 Å². The second kappa shape index (κ2) is 9.05. The van der Waals surface area contributed by atoms with Gasteiger partial charge in [-0.15, -0.1) is 0 Å². The Hall–Kier alpha value is -3.30. The zero-order valence-corrected chi connectivity index (χ0v) is 18.3. The van der Waals surface area contributed by atoms with E-state index in [4.69, 9.17) is 4.74 Å². The third-order valence-corrected chi connectivity index (χ3v) is 4.65. The van der Waals surface area contributed by atoms with E-state index in [0.29, 0.717) is 5.56 Å². The van der Waals surface area contributed by atoms with E-state index in [1.165, 1.54) is 38.2 Å². The molecule has 2 N–H and O–H groups in total. The molecule has 1 amide bonds. The summed E-state index contributed by atoms with van der Waals surface area (Å²) in [5.74, 6) is -1.30. The van der Waals surface area contributed by atoms with Crippen molar-refractivity contribution in [2.45, 2.75) is 51.9 Å². The molecular formula is C22H25F3N2O5. The van der Waals surface area contributed by atoms with Gasteiger partial charge in [-0.25, -0.2) is 9.59 Å². The highest BCUT2D eigenvalue weighted by Gasteiger charge is 2.36. The van der Waals surface area contributed by atoms with Gasteiger partial charge in [-0.3, -0.25) is 4.79 Å². The number of nitrogens with zero attached hydrogens (tertiary/aromatic N) is 1. The molecule has 10 heteroatoms. The van der Waals surface area contributed by atoms with Crippen LogP contribution in [0.5, 0.6) is 0 Å². The molecule has 0 aliphatic carbocycles. The molecule has 1 aromatic heterocycles. The fraction of sp³-hybridized carbons (Fsp3) is 0.409. The van der Waals surface area contributed by atoms with E-state index in [0.717, 1.165) is 10.6 Å². The Balaban J connectivity index is 2.34. The molecule has 0 fully saturated rings. The first-order chi connectivity index (χ1) is 14.6. The number of alkyl carbamates (subject to hydrolysis) is 1. The minimum absolute atomic E-state index is 0.0497. The lowest BCUT2D eigenvalue weighted by Crippen LogP contribution is -2.44. The SMILES string of the molecule is Cc1cc(C(F)(F)F)c(-c2ccc(CC(NC(=O)OC(C)(C)C)C(=O)O)cc2)c(=O)n1C. The van der Waals surface area contributed by atoms with Gasteiger partial charge in [-0.1, -0.05) is 24.3 Å². The zero-order valence-electron chi connectivity index (χ0n) is 18.3. The molecule has 0 saturated carbocycles. The molecule has 32 heavy (non-hydrogen) atoms. The lowest BCUT2D eigenvalue weighted by molar-refractivity contribution is -0.139. The number of aliphatic carboxylic acids is 1. The topological polar surface area (TPSA) is 97.6 Å². The van der Waals surface area contributed by atoms with Crippen molar-refractivity contribution in [1.29, 1.82) is 0 Å². The van der Waals surface area contributed by atoms with Crippen LogP contribution in [-0.2, 0) is 29.2 Å². The first kappa shape index (κ1) is 25.0. The lowest BCUT2D eigenvalue weighted by atomic mass is 9.97. The van der Waals surface area contributed by atoms with Crippen molar-refractivity contribution < 1.29 is 32.6 Å². The highest BCUT2D eigenvalue weighted by Crippen LogP contribution is 2.35. The largest absolute Gasteiger partial charge is 0.480 e. The molecule has 0 bridgehead atoms. The van der Waals surface area contributed by atoms with Crippen molar-refractivity contribution in [1.82, 2.24) is 9.88 Å². The lowest BCUT2D eigenvalue weighted by Gasteiger charge is -2.22. The molecule has 7 nitrogen and oxygen atoms in total.